The first kappa shape index (κ1) is 13.6. The molecule has 21 heavy (non-hydrogen) atoms. The van der Waals surface area contributed by atoms with Crippen molar-refractivity contribution in [2.75, 3.05) is 0 Å². The van der Waals surface area contributed by atoms with Gasteiger partial charge in [-0.25, -0.2) is 9.50 Å². The average Bonchev–Trinajstić information content (AvgIpc) is 2.83. The molecule has 0 aliphatic carbocycles. The van der Waals surface area contributed by atoms with Crippen LogP contribution in [0.4, 0.5) is 0 Å². The summed E-state index contributed by atoms with van der Waals surface area (Å²) in [6, 6.07) is 6.05. The highest BCUT2D eigenvalue weighted by Crippen LogP contribution is 2.31. The lowest BCUT2D eigenvalue weighted by atomic mass is 10.1. The van der Waals surface area contributed by atoms with Crippen molar-refractivity contribution >= 4 is 5.52 Å². The van der Waals surface area contributed by atoms with Gasteiger partial charge in [-0.05, 0) is 43.5 Å². The van der Waals surface area contributed by atoms with Gasteiger partial charge in [0.25, 0.3) is 0 Å². The molecule has 0 saturated heterocycles. The molecular weight excluding hydrogens is 264 g/mol. The molecule has 3 aromatic rings. The first-order valence-electron chi connectivity index (χ1n) is 6.87. The molecule has 0 amide bonds. The molecular formula is C16H18N4O. The van der Waals surface area contributed by atoms with Crippen molar-refractivity contribution in [1.29, 1.82) is 0 Å². The summed E-state index contributed by atoms with van der Waals surface area (Å²) in [6.45, 7) is 6.51. The standard InChI is InChI=1S/C16H18N4O/c1-10-6-13(9-17)7-11(2)15(10)21-16-14-8-12(3)19-20(14)5-4-18-16/h4-8H,9,17H2,1-3H3. The molecule has 5 nitrogen and oxygen atoms in total. The largest absolute Gasteiger partial charge is 0.436 e. The zero-order valence-corrected chi connectivity index (χ0v) is 12.4. The highest BCUT2D eigenvalue weighted by atomic mass is 16.5. The molecule has 0 atom stereocenters. The van der Waals surface area contributed by atoms with Crippen LogP contribution in [0.1, 0.15) is 22.4 Å². The van der Waals surface area contributed by atoms with Crippen LogP contribution < -0.4 is 10.5 Å². The van der Waals surface area contributed by atoms with Crippen LogP contribution in [0.2, 0.25) is 0 Å². The zero-order chi connectivity index (χ0) is 15.0. The number of rotatable bonds is 3. The van der Waals surface area contributed by atoms with Gasteiger partial charge in [-0.1, -0.05) is 12.1 Å². The Bertz CT molecular complexity index is 784. The second kappa shape index (κ2) is 5.18. The van der Waals surface area contributed by atoms with Gasteiger partial charge in [0.15, 0.2) is 0 Å². The van der Waals surface area contributed by atoms with E-state index in [-0.39, 0.29) is 0 Å². The van der Waals surface area contributed by atoms with E-state index >= 15 is 0 Å². The Morgan fingerprint density at radius 3 is 2.52 bits per heavy atom. The summed E-state index contributed by atoms with van der Waals surface area (Å²) in [7, 11) is 0. The summed E-state index contributed by atoms with van der Waals surface area (Å²) >= 11 is 0. The Kier molecular flexibility index (Phi) is 3.35. The molecule has 5 heteroatoms. The number of hydrogen-bond donors (Lipinski definition) is 1. The third kappa shape index (κ3) is 2.48. The molecule has 0 unspecified atom stereocenters. The van der Waals surface area contributed by atoms with Gasteiger partial charge < -0.3 is 10.5 Å². The number of nitrogens with two attached hydrogens (primary N) is 1. The lowest BCUT2D eigenvalue weighted by Gasteiger charge is -2.13. The Morgan fingerprint density at radius 1 is 1.14 bits per heavy atom. The summed E-state index contributed by atoms with van der Waals surface area (Å²) in [5, 5.41) is 4.37. The van der Waals surface area contributed by atoms with E-state index in [0.29, 0.717) is 12.4 Å². The summed E-state index contributed by atoms with van der Waals surface area (Å²) in [5.74, 6) is 1.39. The Labute approximate surface area is 123 Å². The third-order valence-electron chi connectivity index (χ3n) is 3.43. The zero-order valence-electron chi connectivity index (χ0n) is 12.4. The summed E-state index contributed by atoms with van der Waals surface area (Å²) < 4.78 is 7.83. The van der Waals surface area contributed by atoms with Gasteiger partial charge in [0.05, 0.1) is 5.69 Å². The predicted molar refractivity (Wildman–Crippen MR) is 81.6 cm³/mol. The van der Waals surface area contributed by atoms with E-state index in [1.807, 2.05) is 45.2 Å². The maximum Gasteiger partial charge on any atom is 0.245 e. The number of fused-ring (bicyclic) bond motifs is 1. The highest BCUT2D eigenvalue weighted by molar-refractivity contribution is 5.58. The molecule has 2 heterocycles. The summed E-state index contributed by atoms with van der Waals surface area (Å²) in [6.07, 6.45) is 3.50. The fourth-order valence-corrected chi connectivity index (χ4v) is 2.51. The van der Waals surface area contributed by atoms with E-state index in [1.165, 1.54) is 0 Å². The second-order valence-corrected chi connectivity index (χ2v) is 5.21. The summed E-state index contributed by atoms with van der Waals surface area (Å²) in [5.41, 5.74) is 10.7. The summed E-state index contributed by atoms with van der Waals surface area (Å²) in [4.78, 5) is 4.33. The molecule has 0 aliphatic heterocycles. The van der Waals surface area contributed by atoms with Crippen LogP contribution in [-0.2, 0) is 6.54 Å². The number of aromatic nitrogens is 3. The molecule has 0 radical (unpaired) electrons. The van der Waals surface area contributed by atoms with Crippen LogP contribution in [0, 0.1) is 20.8 Å². The van der Waals surface area contributed by atoms with Gasteiger partial charge in [-0.15, -0.1) is 0 Å². The molecule has 3 rings (SSSR count). The van der Waals surface area contributed by atoms with E-state index in [2.05, 4.69) is 10.1 Å². The lowest BCUT2D eigenvalue weighted by molar-refractivity contribution is 0.458. The number of ether oxygens (including phenoxy) is 1. The van der Waals surface area contributed by atoms with Gasteiger partial charge in [0.2, 0.25) is 5.88 Å². The Hall–Kier alpha value is -2.40. The normalized spacial score (nSPS) is 11.0. The first-order chi connectivity index (χ1) is 10.1. The number of nitrogens with zero attached hydrogens (tertiary/aromatic N) is 3. The van der Waals surface area contributed by atoms with E-state index in [1.54, 1.807) is 10.7 Å². The van der Waals surface area contributed by atoms with Crippen LogP contribution in [0.15, 0.2) is 30.6 Å². The van der Waals surface area contributed by atoms with Crippen LogP contribution in [0.5, 0.6) is 11.6 Å². The lowest BCUT2D eigenvalue weighted by Crippen LogP contribution is -2.01. The molecule has 0 spiro atoms. The van der Waals surface area contributed by atoms with Crippen LogP contribution in [0.25, 0.3) is 5.52 Å². The van der Waals surface area contributed by atoms with Crippen LogP contribution >= 0.6 is 0 Å². The maximum atomic E-state index is 6.05. The van der Waals surface area contributed by atoms with Gasteiger partial charge in [0, 0.05) is 18.9 Å². The quantitative estimate of drug-likeness (QED) is 0.802. The average molecular weight is 282 g/mol. The minimum absolute atomic E-state index is 0.525. The fraction of sp³-hybridized carbons (Fsp3) is 0.250. The van der Waals surface area contributed by atoms with Crippen molar-refractivity contribution in [3.63, 3.8) is 0 Å². The van der Waals surface area contributed by atoms with Gasteiger partial charge in [-0.2, -0.15) is 5.10 Å². The Morgan fingerprint density at radius 2 is 1.86 bits per heavy atom. The van der Waals surface area contributed by atoms with E-state index in [0.717, 1.165) is 33.7 Å². The topological polar surface area (TPSA) is 65.4 Å². The fourth-order valence-electron chi connectivity index (χ4n) is 2.51. The van der Waals surface area contributed by atoms with E-state index in [9.17, 15) is 0 Å². The second-order valence-electron chi connectivity index (χ2n) is 5.21. The number of aryl methyl sites for hydroxylation is 3. The molecule has 2 aromatic heterocycles. The monoisotopic (exact) mass is 282 g/mol. The minimum atomic E-state index is 0.525. The van der Waals surface area contributed by atoms with E-state index in [4.69, 9.17) is 10.5 Å². The molecule has 0 aliphatic rings. The van der Waals surface area contributed by atoms with Gasteiger partial charge >= 0.3 is 0 Å². The number of hydrogen-bond acceptors (Lipinski definition) is 4. The molecule has 1 aromatic carbocycles. The van der Waals surface area contributed by atoms with Crippen molar-refractivity contribution in [1.82, 2.24) is 14.6 Å². The van der Waals surface area contributed by atoms with Gasteiger partial charge in [-0.3, -0.25) is 0 Å². The van der Waals surface area contributed by atoms with Crippen molar-refractivity contribution in [3.05, 3.63) is 53.0 Å². The number of benzene rings is 1. The Balaban J connectivity index is 2.06. The SMILES string of the molecule is Cc1cc2c(Oc3c(C)cc(CN)cc3C)nccn2n1. The highest BCUT2D eigenvalue weighted by Gasteiger charge is 2.12. The van der Waals surface area contributed by atoms with Crippen LogP contribution in [0.3, 0.4) is 0 Å². The van der Waals surface area contributed by atoms with Crippen molar-refractivity contribution < 1.29 is 4.74 Å². The molecule has 2 N–H and O–H groups in total. The molecule has 0 saturated carbocycles. The minimum Gasteiger partial charge on any atom is -0.436 e. The van der Waals surface area contributed by atoms with E-state index < -0.39 is 0 Å². The molecule has 0 bridgehead atoms. The van der Waals surface area contributed by atoms with Gasteiger partial charge in [0.1, 0.15) is 11.3 Å². The maximum absolute atomic E-state index is 6.05. The van der Waals surface area contributed by atoms with Crippen molar-refractivity contribution in [3.8, 4) is 11.6 Å². The third-order valence-corrected chi connectivity index (χ3v) is 3.43. The van der Waals surface area contributed by atoms with Crippen molar-refractivity contribution in [2.24, 2.45) is 5.73 Å². The van der Waals surface area contributed by atoms with Crippen LogP contribution in [-0.4, -0.2) is 14.6 Å². The van der Waals surface area contributed by atoms with Crippen molar-refractivity contribution in [2.45, 2.75) is 27.3 Å². The molecule has 0 fully saturated rings. The predicted octanol–water partition coefficient (Wildman–Crippen LogP) is 2.91. The first-order valence-corrected chi connectivity index (χ1v) is 6.87. The smallest absolute Gasteiger partial charge is 0.245 e. The molecule has 108 valence electrons.